The van der Waals surface area contributed by atoms with Crippen LogP contribution in [-0.2, 0) is 19.1 Å². The fourth-order valence-electron chi connectivity index (χ4n) is 4.21. The molecule has 0 aliphatic carbocycles. The van der Waals surface area contributed by atoms with Crippen molar-refractivity contribution in [3.8, 4) is 0 Å². The normalized spacial score (nSPS) is 11.0. The van der Waals surface area contributed by atoms with Gasteiger partial charge in [-0.05, 0) is 26.2 Å². The van der Waals surface area contributed by atoms with Crippen LogP contribution >= 0.6 is 0 Å². The zero-order chi connectivity index (χ0) is 24.2. The Morgan fingerprint density at radius 2 is 0.758 bits per heavy atom. The van der Waals surface area contributed by atoms with Gasteiger partial charge in [0.2, 0.25) is 0 Å². The highest BCUT2D eigenvalue weighted by Crippen LogP contribution is 2.14. The van der Waals surface area contributed by atoms with Crippen molar-refractivity contribution in [2.24, 2.45) is 0 Å². The lowest BCUT2D eigenvalue weighted by molar-refractivity contribution is -0.144. The standard InChI is InChI=1S/C29H56O4/c1-3-5-6-7-8-9-10-11-12-13-14-15-18-21-24-27-33-29(31)26-23-20-17-16-19-22-25-28(30)32-4-2/h3-27H2,1-2H3. The second-order valence-electron chi connectivity index (χ2n) is 9.60. The van der Waals surface area contributed by atoms with Gasteiger partial charge in [-0.25, -0.2) is 0 Å². The molecule has 0 N–H and O–H groups in total. The number of carbonyl (C=O) groups excluding carboxylic acids is 2. The van der Waals surface area contributed by atoms with Crippen molar-refractivity contribution in [1.82, 2.24) is 0 Å². The molecule has 0 saturated carbocycles. The van der Waals surface area contributed by atoms with Gasteiger partial charge in [0.1, 0.15) is 0 Å². The van der Waals surface area contributed by atoms with Gasteiger partial charge in [0.25, 0.3) is 0 Å². The monoisotopic (exact) mass is 468 g/mol. The van der Waals surface area contributed by atoms with E-state index in [2.05, 4.69) is 6.92 Å². The van der Waals surface area contributed by atoms with Gasteiger partial charge in [-0.2, -0.15) is 0 Å². The van der Waals surface area contributed by atoms with Gasteiger partial charge in [0.15, 0.2) is 0 Å². The van der Waals surface area contributed by atoms with Crippen LogP contribution in [0.4, 0.5) is 0 Å². The Bertz CT molecular complexity index is 422. The third kappa shape index (κ3) is 27.1. The number of unbranched alkanes of at least 4 members (excludes halogenated alkanes) is 19. The van der Waals surface area contributed by atoms with Crippen molar-refractivity contribution in [2.75, 3.05) is 13.2 Å². The first kappa shape index (κ1) is 31.9. The van der Waals surface area contributed by atoms with E-state index in [4.69, 9.17) is 9.47 Å². The zero-order valence-corrected chi connectivity index (χ0v) is 22.3. The third-order valence-electron chi connectivity index (χ3n) is 6.33. The molecule has 0 saturated heterocycles. The third-order valence-corrected chi connectivity index (χ3v) is 6.33. The molecule has 0 heterocycles. The van der Waals surface area contributed by atoms with Gasteiger partial charge in [0.05, 0.1) is 13.2 Å². The van der Waals surface area contributed by atoms with E-state index in [1.807, 2.05) is 6.92 Å². The molecule has 0 amide bonds. The van der Waals surface area contributed by atoms with Crippen molar-refractivity contribution in [3.05, 3.63) is 0 Å². The van der Waals surface area contributed by atoms with Gasteiger partial charge in [0, 0.05) is 12.8 Å². The Balaban J connectivity index is 3.18. The van der Waals surface area contributed by atoms with Crippen molar-refractivity contribution < 1.29 is 19.1 Å². The molecule has 0 aliphatic heterocycles. The number of esters is 2. The average Bonchev–Trinajstić information content (AvgIpc) is 2.80. The maximum absolute atomic E-state index is 11.8. The van der Waals surface area contributed by atoms with Crippen LogP contribution in [0.3, 0.4) is 0 Å². The van der Waals surface area contributed by atoms with Crippen LogP contribution in [0.25, 0.3) is 0 Å². The predicted molar refractivity (Wildman–Crippen MR) is 139 cm³/mol. The van der Waals surface area contributed by atoms with Gasteiger partial charge >= 0.3 is 11.9 Å². The topological polar surface area (TPSA) is 52.6 Å². The molecule has 4 nitrogen and oxygen atoms in total. The Labute approximate surface area is 206 Å². The molecule has 0 aromatic carbocycles. The molecule has 196 valence electrons. The van der Waals surface area contributed by atoms with E-state index in [1.54, 1.807) is 0 Å². The van der Waals surface area contributed by atoms with Crippen molar-refractivity contribution in [1.29, 1.82) is 0 Å². The molecule has 0 fully saturated rings. The molecule has 33 heavy (non-hydrogen) atoms. The summed E-state index contributed by atoms with van der Waals surface area (Å²) in [5.74, 6) is -0.128. The molecule has 0 aliphatic rings. The zero-order valence-electron chi connectivity index (χ0n) is 22.3. The number of hydrogen-bond donors (Lipinski definition) is 0. The maximum atomic E-state index is 11.8. The highest BCUT2D eigenvalue weighted by molar-refractivity contribution is 5.69. The van der Waals surface area contributed by atoms with Crippen molar-refractivity contribution in [2.45, 2.75) is 162 Å². The number of hydrogen-bond acceptors (Lipinski definition) is 4. The van der Waals surface area contributed by atoms with Gasteiger partial charge in [-0.15, -0.1) is 0 Å². The second-order valence-corrected chi connectivity index (χ2v) is 9.60. The van der Waals surface area contributed by atoms with E-state index >= 15 is 0 Å². The minimum atomic E-state index is -0.0886. The molecule has 0 unspecified atom stereocenters. The van der Waals surface area contributed by atoms with Crippen molar-refractivity contribution in [3.63, 3.8) is 0 Å². The van der Waals surface area contributed by atoms with Crippen LogP contribution in [0, 0.1) is 0 Å². The Morgan fingerprint density at radius 1 is 0.424 bits per heavy atom. The minimum absolute atomic E-state index is 0.0392. The Kier molecular flexibility index (Phi) is 26.3. The molecular formula is C29H56O4. The SMILES string of the molecule is CCCCCCCCCCCCCCCCCOC(=O)CCCCCCCCC(=O)OCC. The summed E-state index contributed by atoms with van der Waals surface area (Å²) < 4.78 is 10.3. The van der Waals surface area contributed by atoms with Crippen molar-refractivity contribution >= 4 is 11.9 Å². The Morgan fingerprint density at radius 3 is 1.15 bits per heavy atom. The molecule has 0 radical (unpaired) electrons. The number of carbonyl (C=O) groups is 2. The van der Waals surface area contributed by atoms with Crippen LogP contribution in [0.1, 0.15) is 162 Å². The molecule has 0 spiro atoms. The van der Waals surface area contributed by atoms with E-state index in [0.29, 0.717) is 26.1 Å². The van der Waals surface area contributed by atoms with Crippen LogP contribution in [0.2, 0.25) is 0 Å². The smallest absolute Gasteiger partial charge is 0.305 e. The van der Waals surface area contributed by atoms with Crippen LogP contribution in [0.5, 0.6) is 0 Å². The summed E-state index contributed by atoms with van der Waals surface area (Å²) in [5, 5.41) is 0. The molecule has 0 rings (SSSR count). The lowest BCUT2D eigenvalue weighted by Crippen LogP contribution is -2.05. The van der Waals surface area contributed by atoms with Gasteiger partial charge in [-0.1, -0.05) is 122 Å². The first-order valence-corrected chi connectivity index (χ1v) is 14.5. The lowest BCUT2D eigenvalue weighted by Gasteiger charge is -2.06. The number of rotatable bonds is 26. The number of ether oxygens (including phenoxy) is 2. The largest absolute Gasteiger partial charge is 0.466 e. The first-order valence-electron chi connectivity index (χ1n) is 14.5. The van der Waals surface area contributed by atoms with Gasteiger partial charge < -0.3 is 9.47 Å². The molecule has 0 aromatic heterocycles. The summed E-state index contributed by atoms with van der Waals surface area (Å²) in [6.45, 7) is 5.17. The summed E-state index contributed by atoms with van der Waals surface area (Å²) in [6.07, 6.45) is 27.5. The summed E-state index contributed by atoms with van der Waals surface area (Å²) in [5.41, 5.74) is 0. The summed E-state index contributed by atoms with van der Waals surface area (Å²) in [6, 6.07) is 0. The Hall–Kier alpha value is -1.06. The highest BCUT2D eigenvalue weighted by atomic mass is 16.5. The van der Waals surface area contributed by atoms with E-state index in [1.165, 1.54) is 89.9 Å². The first-order chi connectivity index (χ1) is 16.2. The molecule has 0 aromatic rings. The van der Waals surface area contributed by atoms with Crippen LogP contribution in [0.15, 0.2) is 0 Å². The fraction of sp³-hybridized carbons (Fsp3) is 0.931. The lowest BCUT2D eigenvalue weighted by atomic mass is 10.0. The average molecular weight is 469 g/mol. The summed E-state index contributed by atoms with van der Waals surface area (Å²) >= 11 is 0. The predicted octanol–water partition coefficient (Wildman–Crippen LogP) is 9.08. The highest BCUT2D eigenvalue weighted by Gasteiger charge is 2.03. The van der Waals surface area contributed by atoms with Crippen LogP contribution < -0.4 is 0 Å². The molecule has 4 heteroatoms. The van der Waals surface area contributed by atoms with E-state index in [0.717, 1.165) is 44.9 Å². The molecule has 0 bridgehead atoms. The summed E-state index contributed by atoms with van der Waals surface area (Å²) in [7, 11) is 0. The van der Waals surface area contributed by atoms with E-state index in [9.17, 15) is 9.59 Å². The minimum Gasteiger partial charge on any atom is -0.466 e. The van der Waals surface area contributed by atoms with E-state index < -0.39 is 0 Å². The molecular weight excluding hydrogens is 412 g/mol. The molecule has 0 atom stereocenters. The summed E-state index contributed by atoms with van der Waals surface area (Å²) in [4.78, 5) is 23.0. The van der Waals surface area contributed by atoms with Gasteiger partial charge in [-0.3, -0.25) is 9.59 Å². The second kappa shape index (κ2) is 27.2. The van der Waals surface area contributed by atoms with E-state index in [-0.39, 0.29) is 11.9 Å². The fourth-order valence-corrected chi connectivity index (χ4v) is 4.21. The van der Waals surface area contributed by atoms with Crippen LogP contribution in [-0.4, -0.2) is 25.2 Å². The maximum Gasteiger partial charge on any atom is 0.305 e. The quantitative estimate of drug-likeness (QED) is 0.0938.